The Hall–Kier alpha value is -1.05. The maximum absolute atomic E-state index is 12.1. The zero-order valence-corrected chi connectivity index (χ0v) is 13.5. The first-order chi connectivity index (χ1) is 9.76. The van der Waals surface area contributed by atoms with Crippen LogP contribution in [0.4, 0.5) is 13.2 Å². The first-order valence-corrected chi connectivity index (χ1v) is 7.33. The molecule has 0 aliphatic rings. The average molecular weight is 426 g/mol. The zero-order chi connectivity index (χ0) is 15.6. The number of alkyl halides is 3. The molecule has 1 atom stereocenters. The van der Waals surface area contributed by atoms with Gasteiger partial charge in [-0.15, -0.1) is 13.2 Å². The van der Waals surface area contributed by atoms with Crippen LogP contribution in [0, 0.1) is 0 Å². The number of ether oxygens (including phenoxy) is 1. The van der Waals surface area contributed by atoms with Gasteiger partial charge >= 0.3 is 6.36 Å². The highest BCUT2D eigenvalue weighted by Gasteiger charge is 2.31. The third-order valence-electron chi connectivity index (χ3n) is 2.68. The SMILES string of the molecule is OC(c1ccc(OC(F)(F)F)cc1)c1cc(Br)ccc1Br. The van der Waals surface area contributed by atoms with Crippen molar-refractivity contribution in [3.63, 3.8) is 0 Å². The summed E-state index contributed by atoms with van der Waals surface area (Å²) in [7, 11) is 0. The lowest BCUT2D eigenvalue weighted by Gasteiger charge is -2.15. The minimum atomic E-state index is -4.73. The molecular formula is C14H9Br2F3O2. The predicted octanol–water partition coefficient (Wildman–Crippen LogP) is 5.19. The lowest BCUT2D eigenvalue weighted by atomic mass is 10.0. The largest absolute Gasteiger partial charge is 0.573 e. The summed E-state index contributed by atoms with van der Waals surface area (Å²) in [4.78, 5) is 0. The van der Waals surface area contributed by atoms with E-state index in [2.05, 4.69) is 36.6 Å². The number of halogens is 5. The van der Waals surface area contributed by atoms with E-state index in [1.54, 1.807) is 18.2 Å². The maximum Gasteiger partial charge on any atom is 0.573 e. The van der Waals surface area contributed by atoms with Crippen LogP contribution < -0.4 is 4.74 Å². The van der Waals surface area contributed by atoms with Gasteiger partial charge in [0.1, 0.15) is 11.9 Å². The fraction of sp³-hybridized carbons (Fsp3) is 0.143. The summed E-state index contributed by atoms with van der Waals surface area (Å²) in [6.07, 6.45) is -5.69. The van der Waals surface area contributed by atoms with Crippen molar-refractivity contribution >= 4 is 31.9 Å². The van der Waals surface area contributed by atoms with E-state index in [9.17, 15) is 18.3 Å². The van der Waals surface area contributed by atoms with Crippen molar-refractivity contribution in [3.05, 3.63) is 62.5 Å². The molecule has 0 saturated heterocycles. The molecule has 0 aliphatic carbocycles. The molecular weight excluding hydrogens is 417 g/mol. The highest BCUT2D eigenvalue weighted by atomic mass is 79.9. The van der Waals surface area contributed by atoms with E-state index in [1.165, 1.54) is 12.1 Å². The molecule has 2 aromatic carbocycles. The highest BCUT2D eigenvalue weighted by Crippen LogP contribution is 2.32. The third kappa shape index (κ3) is 4.46. The molecule has 0 amide bonds. The first-order valence-electron chi connectivity index (χ1n) is 5.75. The van der Waals surface area contributed by atoms with E-state index < -0.39 is 12.5 Å². The minimum Gasteiger partial charge on any atom is -0.406 e. The molecule has 0 saturated carbocycles. The second kappa shape index (κ2) is 6.37. The molecule has 0 spiro atoms. The average Bonchev–Trinajstić information content (AvgIpc) is 2.40. The number of aliphatic hydroxyl groups excluding tert-OH is 1. The van der Waals surface area contributed by atoms with Gasteiger partial charge in [-0.05, 0) is 35.9 Å². The highest BCUT2D eigenvalue weighted by molar-refractivity contribution is 9.11. The standard InChI is InChI=1S/C14H9Br2F3O2/c15-9-3-6-12(16)11(7-9)13(20)8-1-4-10(5-2-8)21-14(17,18)19/h1-7,13,20H. The quantitative estimate of drug-likeness (QED) is 0.733. The molecule has 2 aromatic rings. The van der Waals surface area contributed by atoms with E-state index in [1.807, 2.05) is 0 Å². The minimum absolute atomic E-state index is 0.327. The predicted molar refractivity (Wildman–Crippen MR) is 79.0 cm³/mol. The van der Waals surface area contributed by atoms with Crippen molar-refractivity contribution in [2.75, 3.05) is 0 Å². The third-order valence-corrected chi connectivity index (χ3v) is 3.90. The lowest BCUT2D eigenvalue weighted by molar-refractivity contribution is -0.274. The molecule has 2 nitrogen and oxygen atoms in total. The summed E-state index contributed by atoms with van der Waals surface area (Å²) in [5.74, 6) is -0.327. The monoisotopic (exact) mass is 424 g/mol. The van der Waals surface area contributed by atoms with Crippen molar-refractivity contribution in [1.82, 2.24) is 0 Å². The number of hydrogen-bond donors (Lipinski definition) is 1. The molecule has 0 aliphatic heterocycles. The Bertz CT molecular complexity index is 627. The van der Waals surface area contributed by atoms with Gasteiger partial charge in [-0.25, -0.2) is 0 Å². The topological polar surface area (TPSA) is 29.5 Å². The van der Waals surface area contributed by atoms with Crippen molar-refractivity contribution in [3.8, 4) is 5.75 Å². The van der Waals surface area contributed by atoms with Crippen LogP contribution in [-0.4, -0.2) is 11.5 Å². The van der Waals surface area contributed by atoms with Crippen LogP contribution in [0.1, 0.15) is 17.2 Å². The van der Waals surface area contributed by atoms with Crippen LogP contribution in [0.5, 0.6) is 5.75 Å². The second-order valence-electron chi connectivity index (χ2n) is 4.19. The Balaban J connectivity index is 2.24. The molecule has 7 heteroatoms. The van der Waals surface area contributed by atoms with Gasteiger partial charge in [0.05, 0.1) is 0 Å². The van der Waals surface area contributed by atoms with Gasteiger partial charge in [0.25, 0.3) is 0 Å². The normalized spacial score (nSPS) is 13.0. The summed E-state index contributed by atoms with van der Waals surface area (Å²) < 4.78 is 41.5. The van der Waals surface area contributed by atoms with Gasteiger partial charge in [-0.2, -0.15) is 0 Å². The van der Waals surface area contributed by atoms with Crippen LogP contribution in [0.25, 0.3) is 0 Å². The molecule has 0 radical (unpaired) electrons. The number of rotatable bonds is 3. The summed E-state index contributed by atoms with van der Waals surface area (Å²) in [6, 6.07) is 10.4. The summed E-state index contributed by atoms with van der Waals surface area (Å²) >= 11 is 6.63. The maximum atomic E-state index is 12.1. The number of aliphatic hydroxyl groups is 1. The van der Waals surface area contributed by atoms with Crippen LogP contribution in [-0.2, 0) is 0 Å². The van der Waals surface area contributed by atoms with Crippen molar-refractivity contribution in [2.45, 2.75) is 12.5 Å². The molecule has 1 N–H and O–H groups in total. The smallest absolute Gasteiger partial charge is 0.406 e. The van der Waals surface area contributed by atoms with Gasteiger partial charge in [0.2, 0.25) is 0 Å². The van der Waals surface area contributed by atoms with E-state index in [-0.39, 0.29) is 5.75 Å². The summed E-state index contributed by atoms with van der Waals surface area (Å²) in [5, 5.41) is 10.3. The first kappa shape index (κ1) is 16.3. The van der Waals surface area contributed by atoms with Crippen LogP contribution >= 0.6 is 31.9 Å². The number of hydrogen-bond acceptors (Lipinski definition) is 2. The number of benzene rings is 2. The fourth-order valence-corrected chi connectivity index (χ4v) is 2.60. The van der Waals surface area contributed by atoms with Gasteiger partial charge < -0.3 is 9.84 Å². The fourth-order valence-electron chi connectivity index (χ4n) is 1.76. The van der Waals surface area contributed by atoms with Crippen molar-refractivity contribution in [2.24, 2.45) is 0 Å². The van der Waals surface area contributed by atoms with Gasteiger partial charge in [-0.1, -0.05) is 44.0 Å². The van der Waals surface area contributed by atoms with Crippen LogP contribution in [0.3, 0.4) is 0 Å². The van der Waals surface area contributed by atoms with E-state index in [0.29, 0.717) is 15.6 Å². The lowest BCUT2D eigenvalue weighted by Crippen LogP contribution is -2.17. The Kier molecular flexibility index (Phi) is 4.95. The molecule has 0 fully saturated rings. The Morgan fingerprint density at radius 2 is 1.62 bits per heavy atom. The Morgan fingerprint density at radius 1 is 1.00 bits per heavy atom. The van der Waals surface area contributed by atoms with E-state index in [0.717, 1.165) is 16.6 Å². The van der Waals surface area contributed by atoms with Crippen molar-refractivity contribution < 1.29 is 23.0 Å². The van der Waals surface area contributed by atoms with Gasteiger partial charge in [0.15, 0.2) is 0 Å². The molecule has 0 bridgehead atoms. The summed E-state index contributed by atoms with van der Waals surface area (Å²) in [5.41, 5.74) is 1.07. The van der Waals surface area contributed by atoms with Crippen molar-refractivity contribution in [1.29, 1.82) is 0 Å². The van der Waals surface area contributed by atoms with Gasteiger partial charge in [0, 0.05) is 14.5 Å². The van der Waals surface area contributed by atoms with E-state index >= 15 is 0 Å². The van der Waals surface area contributed by atoms with Gasteiger partial charge in [-0.3, -0.25) is 0 Å². The molecule has 2 rings (SSSR count). The van der Waals surface area contributed by atoms with Crippen LogP contribution in [0.2, 0.25) is 0 Å². The molecule has 0 aromatic heterocycles. The molecule has 0 heterocycles. The molecule has 1 unspecified atom stereocenters. The molecule has 112 valence electrons. The van der Waals surface area contributed by atoms with E-state index in [4.69, 9.17) is 0 Å². The van der Waals surface area contributed by atoms with Crippen LogP contribution in [0.15, 0.2) is 51.4 Å². The Morgan fingerprint density at radius 3 is 2.19 bits per heavy atom. The second-order valence-corrected chi connectivity index (χ2v) is 5.96. The summed E-state index contributed by atoms with van der Waals surface area (Å²) in [6.45, 7) is 0. The molecule has 21 heavy (non-hydrogen) atoms. The zero-order valence-electron chi connectivity index (χ0n) is 10.4. The Labute approximate surface area is 135 Å².